The van der Waals surface area contributed by atoms with Gasteiger partial charge in [0, 0.05) is 6.42 Å². The summed E-state index contributed by atoms with van der Waals surface area (Å²) in [5.74, 6) is -0.535. The summed E-state index contributed by atoms with van der Waals surface area (Å²) in [6.45, 7) is 4.33. The highest BCUT2D eigenvalue weighted by Gasteiger charge is 2.20. The molecule has 0 spiro atoms. The van der Waals surface area contributed by atoms with Crippen molar-refractivity contribution in [3.63, 3.8) is 0 Å². The first kappa shape index (κ1) is 54.7. The molecule has 0 heterocycles. The molecule has 4 atom stereocenters. The van der Waals surface area contributed by atoms with Gasteiger partial charge in [0.15, 0.2) is 6.10 Å². The quantitative estimate of drug-likeness (QED) is 0.0118. The van der Waals surface area contributed by atoms with Crippen LogP contribution in [0.3, 0.4) is 0 Å². The predicted molar refractivity (Wildman–Crippen MR) is 233 cm³/mol. The van der Waals surface area contributed by atoms with Gasteiger partial charge >= 0.3 is 5.97 Å². The van der Waals surface area contributed by atoms with Crippen molar-refractivity contribution in [2.75, 3.05) is 47.5 Å². The van der Waals surface area contributed by atoms with E-state index in [4.69, 9.17) is 18.5 Å². The average molecular weight is 824 g/mol. The summed E-state index contributed by atoms with van der Waals surface area (Å²) in [6.07, 6.45) is 42.2. The fourth-order valence-corrected chi connectivity index (χ4v) is 6.21. The van der Waals surface area contributed by atoms with Crippen LogP contribution < -0.4 is 4.89 Å². The van der Waals surface area contributed by atoms with Crippen LogP contribution in [0, 0.1) is 0 Å². The zero-order valence-electron chi connectivity index (χ0n) is 36.5. The van der Waals surface area contributed by atoms with Gasteiger partial charge in [0.25, 0.3) is 7.82 Å². The van der Waals surface area contributed by atoms with E-state index in [9.17, 15) is 24.5 Å². The zero-order chi connectivity index (χ0) is 42.3. The summed E-state index contributed by atoms with van der Waals surface area (Å²) in [6, 6.07) is 0. The van der Waals surface area contributed by atoms with Gasteiger partial charge in [0.05, 0.1) is 46.2 Å². The van der Waals surface area contributed by atoms with Crippen molar-refractivity contribution >= 4 is 13.8 Å². The van der Waals surface area contributed by atoms with Gasteiger partial charge in [-0.3, -0.25) is 9.36 Å². The molecule has 0 bridgehead atoms. The van der Waals surface area contributed by atoms with E-state index in [-0.39, 0.29) is 19.6 Å². The lowest BCUT2D eigenvalue weighted by Crippen LogP contribution is -2.37. The molecule has 2 N–H and O–H groups in total. The van der Waals surface area contributed by atoms with E-state index in [2.05, 4.69) is 26.0 Å². The second-order valence-corrected chi connectivity index (χ2v) is 17.2. The third kappa shape index (κ3) is 41.7. The summed E-state index contributed by atoms with van der Waals surface area (Å²) in [5, 5.41) is 20.2. The molecule has 330 valence electrons. The molecule has 0 fully saturated rings. The van der Waals surface area contributed by atoms with Crippen molar-refractivity contribution in [3.05, 3.63) is 73.1 Å². The first-order valence-electron chi connectivity index (χ1n) is 21.9. The van der Waals surface area contributed by atoms with Crippen LogP contribution in [0.15, 0.2) is 73.1 Å². The van der Waals surface area contributed by atoms with Crippen LogP contribution in [-0.4, -0.2) is 86.5 Å². The number of aliphatic hydroxyl groups excluding tert-OH is 2. The molecule has 10 nitrogen and oxygen atoms in total. The number of quaternary nitrogens is 1. The maximum absolute atomic E-state index is 12.7. The lowest BCUT2D eigenvalue weighted by Gasteiger charge is -2.28. The predicted octanol–water partition coefficient (Wildman–Crippen LogP) is 10.4. The maximum atomic E-state index is 12.7. The number of allylic oxidation sites excluding steroid dienone is 9. The van der Waals surface area contributed by atoms with Crippen LogP contribution in [0.5, 0.6) is 0 Å². The SMILES string of the molecule is CCCCCC/C=C\CCCCCCCC/C=C/OC[C@H](COP(=O)([O-])OCC[N+](C)(C)C)OC(=O)CCC[C@H](O)/C=C/C=C\C/C=C\C=C\[C@H](O)CCCCC. The standard InChI is InChI=1S/C46H82NO9P/c1-6-8-10-11-12-13-14-15-16-17-18-19-20-24-27-31-39-53-41-45(42-55-57(51,52)54-40-38-47(3,4)5)56-46(50)37-32-36-44(49)35-30-26-23-21-22-25-29-34-43(48)33-28-9-7-2/h13-14,22-23,25-26,29-31,34-35,39,43-45,48-49H,6-12,15-21,24,27-28,32-33,36-38,40-42H2,1-5H3/b14-13-,25-22-,26-23-,34-29+,35-30+,39-31+/t43-,44-,45-/m1/s1. The highest BCUT2D eigenvalue weighted by molar-refractivity contribution is 7.45. The summed E-state index contributed by atoms with van der Waals surface area (Å²) in [5.41, 5.74) is 0. The Bertz CT molecular complexity index is 1170. The van der Waals surface area contributed by atoms with Crippen LogP contribution in [0.25, 0.3) is 0 Å². The largest absolute Gasteiger partial charge is 0.756 e. The number of rotatable bonds is 39. The van der Waals surface area contributed by atoms with Crippen molar-refractivity contribution < 1.29 is 47.5 Å². The van der Waals surface area contributed by atoms with E-state index >= 15 is 0 Å². The zero-order valence-corrected chi connectivity index (χ0v) is 37.4. The smallest absolute Gasteiger partial charge is 0.306 e. The number of carbonyl (C=O) groups excluding carboxylic acids is 1. The minimum absolute atomic E-state index is 0.0309. The molecule has 0 amide bonds. The van der Waals surface area contributed by atoms with Crippen molar-refractivity contribution in [2.45, 2.75) is 167 Å². The lowest BCUT2D eigenvalue weighted by molar-refractivity contribution is -0.870. The van der Waals surface area contributed by atoms with Crippen LogP contribution in [-0.2, 0) is 27.9 Å². The highest BCUT2D eigenvalue weighted by atomic mass is 31.2. The van der Waals surface area contributed by atoms with E-state index in [0.29, 0.717) is 23.9 Å². The molecule has 0 aliphatic heterocycles. The fourth-order valence-electron chi connectivity index (χ4n) is 5.48. The number of esters is 1. The van der Waals surface area contributed by atoms with Gasteiger partial charge in [-0.1, -0.05) is 139 Å². The molecule has 0 aromatic carbocycles. The van der Waals surface area contributed by atoms with Crippen molar-refractivity contribution in [1.82, 2.24) is 0 Å². The Morgan fingerprint density at radius 3 is 1.77 bits per heavy atom. The Hall–Kier alpha value is -2.30. The number of phosphoric ester groups is 1. The van der Waals surface area contributed by atoms with E-state index < -0.39 is 38.7 Å². The third-order valence-electron chi connectivity index (χ3n) is 9.00. The molecule has 0 aromatic heterocycles. The van der Waals surface area contributed by atoms with Crippen LogP contribution >= 0.6 is 7.82 Å². The second-order valence-electron chi connectivity index (χ2n) is 15.8. The number of nitrogens with zero attached hydrogens (tertiary/aromatic N) is 1. The topological polar surface area (TPSA) is 135 Å². The Morgan fingerprint density at radius 1 is 0.667 bits per heavy atom. The lowest BCUT2D eigenvalue weighted by atomic mass is 10.1. The van der Waals surface area contributed by atoms with Gasteiger partial charge < -0.3 is 38.1 Å². The fraction of sp³-hybridized carbons (Fsp3) is 0.717. The molecule has 0 aromatic rings. The molecular weight excluding hydrogens is 741 g/mol. The maximum Gasteiger partial charge on any atom is 0.306 e. The minimum Gasteiger partial charge on any atom is -0.756 e. The Kier molecular flexibility index (Phi) is 36.4. The van der Waals surface area contributed by atoms with E-state index in [1.54, 1.807) is 24.5 Å². The molecule has 0 rings (SSSR count). The number of ether oxygens (including phenoxy) is 2. The molecule has 0 saturated heterocycles. The molecule has 1 unspecified atom stereocenters. The Balaban J connectivity index is 4.57. The first-order chi connectivity index (χ1) is 27.4. The first-order valence-corrected chi connectivity index (χ1v) is 23.4. The van der Waals surface area contributed by atoms with E-state index in [1.807, 2.05) is 57.6 Å². The Morgan fingerprint density at radius 2 is 1.19 bits per heavy atom. The summed E-state index contributed by atoms with van der Waals surface area (Å²) in [4.78, 5) is 25.0. The minimum atomic E-state index is -4.61. The van der Waals surface area contributed by atoms with Crippen molar-refractivity contribution in [1.29, 1.82) is 0 Å². The van der Waals surface area contributed by atoms with Gasteiger partial charge in [-0.05, 0) is 70.3 Å². The number of unbranched alkanes of at least 4 members (excludes halogenated alkanes) is 13. The normalized spacial score (nSPS) is 15.5. The van der Waals surface area contributed by atoms with Gasteiger partial charge in [-0.2, -0.15) is 0 Å². The monoisotopic (exact) mass is 824 g/mol. The molecule has 0 aliphatic rings. The average Bonchev–Trinajstić information content (AvgIpc) is 3.15. The summed E-state index contributed by atoms with van der Waals surface area (Å²) in [7, 11) is 1.16. The molecule has 0 aliphatic carbocycles. The molecule has 0 saturated carbocycles. The van der Waals surface area contributed by atoms with Crippen molar-refractivity contribution in [3.8, 4) is 0 Å². The van der Waals surface area contributed by atoms with Crippen LogP contribution in [0.4, 0.5) is 0 Å². The third-order valence-corrected chi connectivity index (χ3v) is 9.97. The van der Waals surface area contributed by atoms with Gasteiger partial charge in [-0.25, -0.2) is 0 Å². The number of aliphatic hydroxyl groups is 2. The molecular formula is C46H82NO9P. The molecule has 0 radical (unpaired) electrons. The van der Waals surface area contributed by atoms with Gasteiger partial charge in [-0.15, -0.1) is 0 Å². The van der Waals surface area contributed by atoms with Crippen LogP contribution in [0.1, 0.15) is 149 Å². The number of hydrogen-bond donors (Lipinski definition) is 2. The number of hydrogen-bond acceptors (Lipinski definition) is 9. The van der Waals surface area contributed by atoms with Crippen molar-refractivity contribution in [2.24, 2.45) is 0 Å². The van der Waals surface area contributed by atoms with E-state index in [1.165, 1.54) is 64.2 Å². The number of likely N-dealkylation sites (N-methyl/N-ethyl adjacent to an activating group) is 1. The molecule has 57 heavy (non-hydrogen) atoms. The summed E-state index contributed by atoms with van der Waals surface area (Å²) >= 11 is 0. The van der Waals surface area contributed by atoms with E-state index in [0.717, 1.165) is 51.4 Å². The molecule has 11 heteroatoms. The second kappa shape index (κ2) is 37.9. The Labute approximate surface area is 348 Å². The highest BCUT2D eigenvalue weighted by Crippen LogP contribution is 2.38. The number of phosphoric acid groups is 1. The summed E-state index contributed by atoms with van der Waals surface area (Å²) < 4.78 is 34.1. The van der Waals surface area contributed by atoms with Crippen LogP contribution in [0.2, 0.25) is 0 Å². The van der Waals surface area contributed by atoms with Gasteiger partial charge in [0.1, 0.15) is 19.8 Å². The van der Waals surface area contributed by atoms with Gasteiger partial charge in [0.2, 0.25) is 0 Å². The number of carbonyl (C=O) groups is 1.